The molecule has 28 heavy (non-hydrogen) atoms. The Morgan fingerprint density at radius 1 is 1.25 bits per heavy atom. The van der Waals surface area contributed by atoms with Crippen molar-refractivity contribution < 1.29 is 9.53 Å². The fourth-order valence-corrected chi connectivity index (χ4v) is 3.50. The summed E-state index contributed by atoms with van der Waals surface area (Å²) in [7, 11) is 3.42. The number of nitrogens with zero attached hydrogens (tertiary/aromatic N) is 5. The van der Waals surface area contributed by atoms with Crippen molar-refractivity contribution in [1.82, 2.24) is 19.7 Å². The standard InChI is InChI=1S/C19H23N7O2/c1-25-17-13(11-21-25)16(20)23-19(24-17)26-9-7-12(8-10-26)18(27)22-14-5-3-4-6-15(14)28-2/h3-6,11-12H,7-10H2,1-2H3,(H,22,27)(H2,20,23,24). The van der Waals surface area contributed by atoms with Crippen molar-refractivity contribution in [3.8, 4) is 5.75 Å². The molecule has 1 amide bonds. The molecule has 1 aromatic carbocycles. The fourth-order valence-electron chi connectivity index (χ4n) is 3.50. The molecule has 0 spiro atoms. The first kappa shape index (κ1) is 18.0. The summed E-state index contributed by atoms with van der Waals surface area (Å²) in [5.74, 6) is 1.59. The zero-order valence-corrected chi connectivity index (χ0v) is 15.9. The Labute approximate surface area is 162 Å². The van der Waals surface area contributed by atoms with E-state index >= 15 is 0 Å². The van der Waals surface area contributed by atoms with E-state index in [9.17, 15) is 4.79 Å². The molecule has 9 nitrogen and oxygen atoms in total. The van der Waals surface area contributed by atoms with Crippen LogP contribution in [0.2, 0.25) is 0 Å². The number of anilines is 3. The second-order valence-electron chi connectivity index (χ2n) is 6.87. The van der Waals surface area contributed by atoms with Gasteiger partial charge in [0.15, 0.2) is 5.65 Å². The quantitative estimate of drug-likeness (QED) is 0.709. The number of hydrogen-bond donors (Lipinski definition) is 2. The molecule has 1 aliphatic rings. The molecule has 146 valence electrons. The van der Waals surface area contributed by atoms with E-state index in [0.717, 1.165) is 5.39 Å². The first-order valence-electron chi connectivity index (χ1n) is 9.21. The van der Waals surface area contributed by atoms with Gasteiger partial charge < -0.3 is 20.7 Å². The Morgan fingerprint density at radius 2 is 2.00 bits per heavy atom. The Hall–Kier alpha value is -3.36. The maximum atomic E-state index is 12.7. The molecule has 3 heterocycles. The summed E-state index contributed by atoms with van der Waals surface area (Å²) in [6.45, 7) is 1.37. The highest BCUT2D eigenvalue weighted by molar-refractivity contribution is 5.94. The fraction of sp³-hybridized carbons (Fsp3) is 0.368. The molecule has 1 aliphatic heterocycles. The lowest BCUT2D eigenvalue weighted by Gasteiger charge is -2.31. The highest BCUT2D eigenvalue weighted by Gasteiger charge is 2.27. The molecule has 0 saturated carbocycles. The van der Waals surface area contributed by atoms with E-state index in [1.165, 1.54) is 0 Å². The Morgan fingerprint density at radius 3 is 2.75 bits per heavy atom. The molecule has 2 aromatic heterocycles. The molecule has 0 radical (unpaired) electrons. The summed E-state index contributed by atoms with van der Waals surface area (Å²) in [5, 5.41) is 7.91. The number of methoxy groups -OCH3 is 1. The molecule has 3 aromatic rings. The number of piperidine rings is 1. The van der Waals surface area contributed by atoms with Crippen molar-refractivity contribution in [1.29, 1.82) is 0 Å². The SMILES string of the molecule is COc1ccccc1NC(=O)C1CCN(c2nc(N)c3cnn(C)c3n2)CC1. The van der Waals surface area contributed by atoms with Crippen LogP contribution < -0.4 is 20.7 Å². The molecule has 4 rings (SSSR count). The number of amides is 1. The summed E-state index contributed by atoms with van der Waals surface area (Å²) in [6, 6.07) is 7.41. The third-order valence-corrected chi connectivity index (χ3v) is 5.12. The minimum atomic E-state index is -0.0704. The van der Waals surface area contributed by atoms with E-state index in [-0.39, 0.29) is 11.8 Å². The highest BCUT2D eigenvalue weighted by Crippen LogP contribution is 2.27. The molecule has 0 unspecified atom stereocenters. The van der Waals surface area contributed by atoms with Gasteiger partial charge in [-0.1, -0.05) is 12.1 Å². The number of aryl methyl sites for hydroxylation is 1. The number of rotatable bonds is 4. The Bertz CT molecular complexity index is 1010. The maximum Gasteiger partial charge on any atom is 0.229 e. The third-order valence-electron chi connectivity index (χ3n) is 5.12. The van der Waals surface area contributed by atoms with Crippen LogP contribution in [-0.2, 0) is 11.8 Å². The first-order chi connectivity index (χ1) is 13.6. The Balaban J connectivity index is 1.43. The number of nitrogens with two attached hydrogens (primary N) is 1. The van der Waals surface area contributed by atoms with Gasteiger partial charge in [0.1, 0.15) is 11.6 Å². The number of aromatic nitrogens is 4. The summed E-state index contributed by atoms with van der Waals surface area (Å²) >= 11 is 0. The van der Waals surface area contributed by atoms with Gasteiger partial charge in [0.25, 0.3) is 0 Å². The van der Waals surface area contributed by atoms with Crippen LogP contribution in [0.3, 0.4) is 0 Å². The van der Waals surface area contributed by atoms with E-state index in [0.29, 0.717) is 54.8 Å². The van der Waals surface area contributed by atoms with Gasteiger partial charge in [0, 0.05) is 26.1 Å². The lowest BCUT2D eigenvalue weighted by molar-refractivity contribution is -0.120. The second-order valence-corrected chi connectivity index (χ2v) is 6.87. The lowest BCUT2D eigenvalue weighted by atomic mass is 9.96. The van der Waals surface area contributed by atoms with Crippen LogP contribution in [0.1, 0.15) is 12.8 Å². The monoisotopic (exact) mass is 381 g/mol. The molecule has 0 aliphatic carbocycles. The van der Waals surface area contributed by atoms with Crippen molar-refractivity contribution in [3.05, 3.63) is 30.5 Å². The van der Waals surface area contributed by atoms with Gasteiger partial charge >= 0.3 is 0 Å². The number of ether oxygens (including phenoxy) is 1. The average Bonchev–Trinajstić information content (AvgIpc) is 3.10. The Kier molecular flexibility index (Phi) is 4.72. The molecule has 1 fully saturated rings. The minimum Gasteiger partial charge on any atom is -0.495 e. The number of nitrogens with one attached hydrogen (secondary N) is 1. The predicted molar refractivity (Wildman–Crippen MR) is 107 cm³/mol. The van der Waals surface area contributed by atoms with Crippen molar-refractivity contribution >= 4 is 34.4 Å². The van der Waals surface area contributed by atoms with Gasteiger partial charge in [-0.05, 0) is 25.0 Å². The number of nitrogen functional groups attached to an aromatic ring is 1. The topological polar surface area (TPSA) is 111 Å². The normalized spacial score (nSPS) is 15.0. The summed E-state index contributed by atoms with van der Waals surface area (Å²) in [6.07, 6.45) is 3.10. The smallest absolute Gasteiger partial charge is 0.229 e. The van der Waals surface area contributed by atoms with Crippen molar-refractivity contribution in [3.63, 3.8) is 0 Å². The third kappa shape index (κ3) is 3.30. The minimum absolute atomic E-state index is 0.00617. The van der Waals surface area contributed by atoms with Gasteiger partial charge in [0.05, 0.1) is 24.4 Å². The zero-order chi connectivity index (χ0) is 19.7. The van der Waals surface area contributed by atoms with Crippen molar-refractivity contribution in [2.75, 3.05) is 36.1 Å². The van der Waals surface area contributed by atoms with E-state index in [1.807, 2.05) is 31.3 Å². The van der Waals surface area contributed by atoms with Gasteiger partial charge in [-0.2, -0.15) is 15.1 Å². The highest BCUT2D eigenvalue weighted by atomic mass is 16.5. The second kappa shape index (κ2) is 7.34. The first-order valence-corrected chi connectivity index (χ1v) is 9.21. The summed E-state index contributed by atoms with van der Waals surface area (Å²) in [5.41, 5.74) is 7.46. The van der Waals surface area contributed by atoms with Crippen LogP contribution >= 0.6 is 0 Å². The van der Waals surface area contributed by atoms with Crippen LogP contribution in [0, 0.1) is 5.92 Å². The molecule has 0 bridgehead atoms. The summed E-state index contributed by atoms with van der Waals surface area (Å²) in [4.78, 5) is 23.8. The van der Waals surface area contributed by atoms with Gasteiger partial charge in [-0.3, -0.25) is 9.48 Å². The van der Waals surface area contributed by atoms with Crippen LogP contribution in [0.25, 0.3) is 11.0 Å². The average molecular weight is 381 g/mol. The van der Waals surface area contributed by atoms with Gasteiger partial charge in [-0.15, -0.1) is 0 Å². The van der Waals surface area contributed by atoms with E-state index in [2.05, 4.69) is 25.3 Å². The number of carbonyl (C=O) groups excluding carboxylic acids is 1. The van der Waals surface area contributed by atoms with Crippen LogP contribution in [0.4, 0.5) is 17.5 Å². The number of benzene rings is 1. The van der Waals surface area contributed by atoms with Crippen molar-refractivity contribution in [2.24, 2.45) is 13.0 Å². The summed E-state index contributed by atoms with van der Waals surface area (Å²) < 4.78 is 6.98. The number of carbonyl (C=O) groups is 1. The molecule has 0 atom stereocenters. The van der Waals surface area contributed by atoms with Crippen LogP contribution in [0.15, 0.2) is 30.5 Å². The van der Waals surface area contributed by atoms with Crippen molar-refractivity contribution in [2.45, 2.75) is 12.8 Å². The maximum absolute atomic E-state index is 12.7. The number of hydrogen-bond acceptors (Lipinski definition) is 7. The van der Waals surface area contributed by atoms with E-state index in [1.54, 1.807) is 18.0 Å². The van der Waals surface area contributed by atoms with Crippen LogP contribution in [-0.4, -0.2) is 45.9 Å². The van der Waals surface area contributed by atoms with Gasteiger partial charge in [-0.25, -0.2) is 0 Å². The zero-order valence-electron chi connectivity index (χ0n) is 15.9. The number of para-hydroxylation sites is 2. The van der Waals surface area contributed by atoms with Crippen LogP contribution in [0.5, 0.6) is 5.75 Å². The molecule has 9 heteroatoms. The molecular formula is C19H23N7O2. The molecular weight excluding hydrogens is 358 g/mol. The molecule has 3 N–H and O–H groups in total. The van der Waals surface area contributed by atoms with Gasteiger partial charge in [0.2, 0.25) is 11.9 Å². The number of fused-ring (bicyclic) bond motifs is 1. The lowest BCUT2D eigenvalue weighted by Crippen LogP contribution is -2.39. The van der Waals surface area contributed by atoms with E-state index in [4.69, 9.17) is 10.5 Å². The largest absolute Gasteiger partial charge is 0.495 e. The predicted octanol–water partition coefficient (Wildman–Crippen LogP) is 1.81. The molecule has 1 saturated heterocycles. The van der Waals surface area contributed by atoms with E-state index < -0.39 is 0 Å².